The first-order valence-electron chi connectivity index (χ1n) is 5.99. The molecule has 0 fully saturated rings. The highest BCUT2D eigenvalue weighted by molar-refractivity contribution is 5.91. The Balaban J connectivity index is 2.49. The molecular formula is C13H20N2O. The number of aromatic nitrogens is 1. The van der Waals surface area contributed by atoms with Gasteiger partial charge in [0.15, 0.2) is 0 Å². The highest BCUT2D eigenvalue weighted by Gasteiger charge is 2.15. The predicted octanol–water partition coefficient (Wildman–Crippen LogP) is 3.24. The number of nitrogens with zero attached hydrogens (tertiary/aromatic N) is 1. The fraction of sp³-hybridized carbons (Fsp3) is 0.538. The first-order valence-corrected chi connectivity index (χ1v) is 5.99. The highest BCUT2D eigenvalue weighted by Crippen LogP contribution is 2.14. The van der Waals surface area contributed by atoms with Crippen molar-refractivity contribution in [1.29, 1.82) is 0 Å². The average molecular weight is 220 g/mol. The molecule has 1 amide bonds. The summed E-state index contributed by atoms with van der Waals surface area (Å²) in [6.45, 7) is 4.20. The van der Waals surface area contributed by atoms with Gasteiger partial charge < -0.3 is 5.32 Å². The van der Waals surface area contributed by atoms with Gasteiger partial charge in [-0.1, -0.05) is 32.8 Å². The Hall–Kier alpha value is -1.38. The number of amides is 1. The fourth-order valence-electron chi connectivity index (χ4n) is 1.64. The minimum atomic E-state index is 0.0923. The summed E-state index contributed by atoms with van der Waals surface area (Å²) in [5.74, 6) is 0.846. The maximum Gasteiger partial charge on any atom is 0.228 e. The van der Waals surface area contributed by atoms with E-state index in [1.807, 2.05) is 18.2 Å². The second-order valence-electron chi connectivity index (χ2n) is 3.95. The molecule has 0 aliphatic carbocycles. The van der Waals surface area contributed by atoms with Crippen molar-refractivity contribution in [3.05, 3.63) is 24.4 Å². The number of nitrogens with one attached hydrogen (secondary N) is 1. The highest BCUT2D eigenvalue weighted by atomic mass is 16.1. The minimum Gasteiger partial charge on any atom is -0.310 e. The van der Waals surface area contributed by atoms with E-state index in [-0.39, 0.29) is 11.8 Å². The summed E-state index contributed by atoms with van der Waals surface area (Å²) in [5.41, 5.74) is 0. The summed E-state index contributed by atoms with van der Waals surface area (Å²) in [5, 5.41) is 2.85. The van der Waals surface area contributed by atoms with Gasteiger partial charge in [-0.05, 0) is 25.0 Å². The number of carbonyl (C=O) groups is 1. The van der Waals surface area contributed by atoms with Crippen LogP contribution in [0, 0.1) is 5.92 Å². The van der Waals surface area contributed by atoms with Crippen molar-refractivity contribution in [2.45, 2.75) is 39.5 Å². The lowest BCUT2D eigenvalue weighted by Gasteiger charge is -2.13. The maximum absolute atomic E-state index is 11.9. The Morgan fingerprint density at radius 1 is 1.44 bits per heavy atom. The molecule has 3 nitrogen and oxygen atoms in total. The van der Waals surface area contributed by atoms with Crippen LogP contribution in [0.25, 0.3) is 0 Å². The third-order valence-corrected chi connectivity index (χ3v) is 2.69. The van der Waals surface area contributed by atoms with E-state index in [9.17, 15) is 4.79 Å². The molecule has 16 heavy (non-hydrogen) atoms. The van der Waals surface area contributed by atoms with Crippen molar-refractivity contribution >= 4 is 11.7 Å². The van der Waals surface area contributed by atoms with Crippen LogP contribution >= 0.6 is 0 Å². The molecule has 0 bridgehead atoms. The molecular weight excluding hydrogens is 200 g/mol. The van der Waals surface area contributed by atoms with Crippen LogP contribution in [-0.2, 0) is 4.79 Å². The molecule has 0 aromatic carbocycles. The second-order valence-corrected chi connectivity index (χ2v) is 3.95. The molecule has 0 aliphatic heterocycles. The number of pyridine rings is 1. The second kappa shape index (κ2) is 6.99. The standard InChI is InChI=1S/C13H20N2O/c1-3-5-8-11(4-2)13(16)15-12-9-6-7-10-14-12/h6-7,9-11H,3-5,8H2,1-2H3,(H,14,15,16)/t11-/m1/s1. The molecule has 0 saturated heterocycles. The summed E-state index contributed by atoms with van der Waals surface area (Å²) < 4.78 is 0. The van der Waals surface area contributed by atoms with Crippen molar-refractivity contribution in [3.63, 3.8) is 0 Å². The van der Waals surface area contributed by atoms with Gasteiger partial charge in [-0.15, -0.1) is 0 Å². The molecule has 88 valence electrons. The van der Waals surface area contributed by atoms with Crippen LogP contribution in [0.15, 0.2) is 24.4 Å². The molecule has 1 aromatic heterocycles. The van der Waals surface area contributed by atoms with E-state index in [1.54, 1.807) is 6.20 Å². The summed E-state index contributed by atoms with van der Waals surface area (Å²) in [4.78, 5) is 16.0. The van der Waals surface area contributed by atoms with E-state index in [4.69, 9.17) is 0 Å². The average Bonchev–Trinajstić information content (AvgIpc) is 2.31. The smallest absolute Gasteiger partial charge is 0.228 e. The largest absolute Gasteiger partial charge is 0.310 e. The lowest BCUT2D eigenvalue weighted by Crippen LogP contribution is -2.22. The van der Waals surface area contributed by atoms with Crippen LogP contribution < -0.4 is 5.32 Å². The molecule has 1 rings (SSSR count). The van der Waals surface area contributed by atoms with Gasteiger partial charge >= 0.3 is 0 Å². The van der Waals surface area contributed by atoms with E-state index >= 15 is 0 Å². The molecule has 0 radical (unpaired) electrons. The zero-order valence-corrected chi connectivity index (χ0v) is 10.1. The Kier molecular flexibility index (Phi) is 5.54. The summed E-state index contributed by atoms with van der Waals surface area (Å²) in [6, 6.07) is 5.52. The van der Waals surface area contributed by atoms with Gasteiger partial charge in [0.25, 0.3) is 0 Å². The first kappa shape index (κ1) is 12.7. The van der Waals surface area contributed by atoms with Crippen LogP contribution in [0.5, 0.6) is 0 Å². The number of hydrogen-bond donors (Lipinski definition) is 1. The number of rotatable bonds is 6. The van der Waals surface area contributed by atoms with Crippen molar-refractivity contribution < 1.29 is 4.79 Å². The molecule has 0 spiro atoms. The molecule has 1 aromatic rings. The minimum absolute atomic E-state index is 0.0923. The van der Waals surface area contributed by atoms with E-state index in [0.29, 0.717) is 5.82 Å². The fourth-order valence-corrected chi connectivity index (χ4v) is 1.64. The quantitative estimate of drug-likeness (QED) is 0.799. The molecule has 1 heterocycles. The van der Waals surface area contributed by atoms with Crippen molar-refractivity contribution in [1.82, 2.24) is 4.98 Å². The summed E-state index contributed by atoms with van der Waals surface area (Å²) >= 11 is 0. The van der Waals surface area contributed by atoms with Gasteiger partial charge in [-0.2, -0.15) is 0 Å². The number of carbonyl (C=O) groups excluding carboxylic acids is 1. The van der Waals surface area contributed by atoms with Crippen LogP contribution in [0.1, 0.15) is 39.5 Å². The van der Waals surface area contributed by atoms with Gasteiger partial charge in [-0.3, -0.25) is 4.79 Å². The Morgan fingerprint density at radius 2 is 2.25 bits per heavy atom. The van der Waals surface area contributed by atoms with Gasteiger partial charge in [0.05, 0.1) is 0 Å². The first-order chi connectivity index (χ1) is 7.77. The van der Waals surface area contributed by atoms with Gasteiger partial charge in [0.1, 0.15) is 5.82 Å². The van der Waals surface area contributed by atoms with Gasteiger partial charge in [0, 0.05) is 12.1 Å². The lowest BCUT2D eigenvalue weighted by molar-refractivity contribution is -0.120. The maximum atomic E-state index is 11.9. The van der Waals surface area contributed by atoms with Crippen molar-refractivity contribution in [3.8, 4) is 0 Å². The van der Waals surface area contributed by atoms with Crippen LogP contribution in [0.2, 0.25) is 0 Å². The van der Waals surface area contributed by atoms with Crippen LogP contribution in [-0.4, -0.2) is 10.9 Å². The van der Waals surface area contributed by atoms with Gasteiger partial charge in [-0.25, -0.2) is 4.98 Å². The zero-order chi connectivity index (χ0) is 11.8. The predicted molar refractivity (Wildman–Crippen MR) is 66.2 cm³/mol. The summed E-state index contributed by atoms with van der Waals surface area (Å²) in [6.07, 6.45) is 5.77. The van der Waals surface area contributed by atoms with E-state index in [2.05, 4.69) is 24.1 Å². The monoisotopic (exact) mass is 220 g/mol. The zero-order valence-electron chi connectivity index (χ0n) is 10.1. The van der Waals surface area contributed by atoms with E-state index in [0.717, 1.165) is 25.7 Å². The third kappa shape index (κ3) is 4.01. The van der Waals surface area contributed by atoms with Crippen LogP contribution in [0.3, 0.4) is 0 Å². The number of unbranched alkanes of at least 4 members (excludes halogenated alkanes) is 1. The lowest BCUT2D eigenvalue weighted by atomic mass is 9.98. The number of anilines is 1. The molecule has 0 unspecified atom stereocenters. The molecule has 0 aliphatic rings. The Bertz CT molecular complexity index is 311. The Morgan fingerprint density at radius 3 is 2.81 bits per heavy atom. The molecule has 0 saturated carbocycles. The molecule has 1 atom stereocenters. The Labute approximate surface area is 97.3 Å². The molecule has 1 N–H and O–H groups in total. The van der Waals surface area contributed by atoms with Crippen molar-refractivity contribution in [2.75, 3.05) is 5.32 Å². The summed E-state index contributed by atoms with van der Waals surface area (Å²) in [7, 11) is 0. The van der Waals surface area contributed by atoms with Crippen molar-refractivity contribution in [2.24, 2.45) is 5.92 Å². The normalized spacial score (nSPS) is 12.1. The van der Waals surface area contributed by atoms with E-state index in [1.165, 1.54) is 0 Å². The number of hydrogen-bond acceptors (Lipinski definition) is 2. The van der Waals surface area contributed by atoms with Gasteiger partial charge in [0.2, 0.25) is 5.91 Å². The third-order valence-electron chi connectivity index (χ3n) is 2.69. The topological polar surface area (TPSA) is 42.0 Å². The van der Waals surface area contributed by atoms with Crippen LogP contribution in [0.4, 0.5) is 5.82 Å². The molecule has 3 heteroatoms. The van der Waals surface area contributed by atoms with E-state index < -0.39 is 0 Å². The SMILES string of the molecule is CCCC[C@@H](CC)C(=O)Nc1ccccn1.